The van der Waals surface area contributed by atoms with Crippen LogP contribution in [0.1, 0.15) is 46.1 Å². The van der Waals surface area contributed by atoms with Gasteiger partial charge in [-0.3, -0.25) is 13.8 Å². The lowest BCUT2D eigenvalue weighted by atomic mass is 9.92. The van der Waals surface area contributed by atoms with Crippen LogP contribution in [0, 0.1) is 0 Å². The van der Waals surface area contributed by atoms with E-state index in [0.717, 1.165) is 5.69 Å². The van der Waals surface area contributed by atoms with Crippen molar-refractivity contribution in [2.24, 2.45) is 7.05 Å². The number of hydrogen-bond acceptors (Lipinski definition) is 6. The molecule has 2 aromatic heterocycles. The SMILES string of the molecule is Cn1nc(C(C)(C)C)cc1-c1nc(C(C)(C)S(O)(O)c2ccc(Cl)cc2)no1. The minimum atomic E-state index is -3.27. The Bertz CT molecular complexity index is 988. The maximum Gasteiger partial charge on any atom is 0.276 e. The summed E-state index contributed by atoms with van der Waals surface area (Å²) in [6, 6.07) is 8.33. The van der Waals surface area contributed by atoms with Gasteiger partial charge in [-0.25, -0.2) is 0 Å². The molecule has 2 N–H and O–H groups in total. The van der Waals surface area contributed by atoms with E-state index in [1.54, 1.807) is 49.8 Å². The zero-order valence-corrected chi connectivity index (χ0v) is 18.3. The molecule has 152 valence electrons. The van der Waals surface area contributed by atoms with Crippen molar-refractivity contribution >= 4 is 22.2 Å². The summed E-state index contributed by atoms with van der Waals surface area (Å²) in [6.07, 6.45) is 0. The lowest BCUT2D eigenvalue weighted by molar-refractivity contribution is 0.397. The fourth-order valence-corrected chi connectivity index (χ4v) is 4.22. The second-order valence-electron chi connectivity index (χ2n) is 8.22. The lowest BCUT2D eigenvalue weighted by Crippen LogP contribution is -2.27. The largest absolute Gasteiger partial charge is 0.332 e. The predicted octanol–water partition coefficient (Wildman–Crippen LogP) is 5.47. The summed E-state index contributed by atoms with van der Waals surface area (Å²) >= 11 is 5.91. The van der Waals surface area contributed by atoms with Crippen molar-refractivity contribution in [1.29, 1.82) is 0 Å². The van der Waals surface area contributed by atoms with Gasteiger partial charge in [-0.1, -0.05) is 37.5 Å². The number of aromatic nitrogens is 4. The predicted molar refractivity (Wildman–Crippen MR) is 111 cm³/mol. The molecule has 9 heteroatoms. The molecular weight excluding hydrogens is 400 g/mol. The topological polar surface area (TPSA) is 97.2 Å². The van der Waals surface area contributed by atoms with E-state index >= 15 is 0 Å². The quantitative estimate of drug-likeness (QED) is 0.576. The number of nitrogens with zero attached hydrogens (tertiary/aromatic N) is 4. The molecule has 3 rings (SSSR count). The molecule has 0 saturated carbocycles. The standard InChI is InChI=1S/C19H25ClN4O3S/c1-18(2,3)15-11-14(24(6)22-15)16-21-17(23-27-16)19(4,5)28(25,26)13-9-7-12(20)8-10-13/h7-11,25-26H,1-6H3. The highest BCUT2D eigenvalue weighted by atomic mass is 35.5. The van der Waals surface area contributed by atoms with E-state index in [1.807, 2.05) is 6.07 Å². The molecule has 0 saturated heterocycles. The Morgan fingerprint density at radius 2 is 1.68 bits per heavy atom. The average Bonchev–Trinajstić information content (AvgIpc) is 3.21. The molecule has 0 spiro atoms. The van der Waals surface area contributed by atoms with E-state index in [4.69, 9.17) is 16.1 Å². The molecule has 0 amide bonds. The molecule has 3 aromatic rings. The lowest BCUT2D eigenvalue weighted by Gasteiger charge is -2.44. The van der Waals surface area contributed by atoms with Crippen molar-refractivity contribution in [1.82, 2.24) is 19.9 Å². The van der Waals surface area contributed by atoms with E-state index < -0.39 is 15.3 Å². The Labute approximate surface area is 171 Å². The first-order valence-electron chi connectivity index (χ1n) is 8.76. The third-order valence-electron chi connectivity index (χ3n) is 4.69. The highest BCUT2D eigenvalue weighted by molar-refractivity contribution is 8.25. The van der Waals surface area contributed by atoms with E-state index in [1.165, 1.54) is 0 Å². The molecule has 28 heavy (non-hydrogen) atoms. The van der Waals surface area contributed by atoms with Crippen LogP contribution in [0.3, 0.4) is 0 Å². The van der Waals surface area contributed by atoms with Crippen LogP contribution in [0.2, 0.25) is 5.02 Å². The number of rotatable bonds is 4. The van der Waals surface area contributed by atoms with Crippen molar-refractivity contribution in [3.05, 3.63) is 46.9 Å². The van der Waals surface area contributed by atoms with Gasteiger partial charge < -0.3 is 4.52 Å². The third kappa shape index (κ3) is 3.57. The van der Waals surface area contributed by atoms with Crippen LogP contribution in [0.4, 0.5) is 0 Å². The summed E-state index contributed by atoms with van der Waals surface area (Å²) in [4.78, 5) is 4.82. The van der Waals surface area contributed by atoms with Crippen LogP contribution < -0.4 is 0 Å². The maximum atomic E-state index is 11.0. The monoisotopic (exact) mass is 424 g/mol. The van der Waals surface area contributed by atoms with Crippen LogP contribution in [-0.2, 0) is 17.2 Å². The van der Waals surface area contributed by atoms with Gasteiger partial charge in [-0.05, 0) is 44.2 Å². The first kappa shape index (κ1) is 20.9. The fourth-order valence-electron chi connectivity index (χ4n) is 2.65. The first-order chi connectivity index (χ1) is 12.8. The first-order valence-corrected chi connectivity index (χ1v) is 10.7. The van der Waals surface area contributed by atoms with Crippen LogP contribution in [-0.4, -0.2) is 29.0 Å². The van der Waals surface area contributed by atoms with Gasteiger partial charge in [0, 0.05) is 17.5 Å². The van der Waals surface area contributed by atoms with Crippen molar-refractivity contribution in [3.8, 4) is 11.6 Å². The van der Waals surface area contributed by atoms with Crippen molar-refractivity contribution in [2.45, 2.75) is 49.7 Å². The van der Waals surface area contributed by atoms with Gasteiger partial charge >= 0.3 is 0 Å². The molecular formula is C19H25ClN4O3S. The minimum absolute atomic E-state index is 0.123. The average molecular weight is 425 g/mol. The van der Waals surface area contributed by atoms with Gasteiger partial charge in [-0.2, -0.15) is 20.7 Å². The molecule has 0 atom stereocenters. The zero-order valence-electron chi connectivity index (χ0n) is 16.8. The van der Waals surface area contributed by atoms with Crippen LogP contribution in [0.5, 0.6) is 0 Å². The van der Waals surface area contributed by atoms with Gasteiger partial charge in [0.15, 0.2) is 5.82 Å². The molecule has 2 heterocycles. The van der Waals surface area contributed by atoms with Gasteiger partial charge in [-0.15, -0.1) is 0 Å². The maximum absolute atomic E-state index is 11.0. The summed E-state index contributed by atoms with van der Waals surface area (Å²) in [5, 5.41) is 9.07. The van der Waals surface area contributed by atoms with Crippen LogP contribution >= 0.6 is 22.2 Å². The van der Waals surface area contributed by atoms with Crippen LogP contribution in [0.15, 0.2) is 39.8 Å². The summed E-state index contributed by atoms with van der Waals surface area (Å²) in [7, 11) is -1.46. The Hall–Kier alpha value is -1.87. The summed E-state index contributed by atoms with van der Waals surface area (Å²) in [6.45, 7) is 9.57. The molecule has 0 aliphatic rings. The second kappa shape index (κ2) is 6.88. The molecule has 0 unspecified atom stereocenters. The van der Waals surface area contributed by atoms with Gasteiger partial charge in [0.1, 0.15) is 10.4 Å². The van der Waals surface area contributed by atoms with Gasteiger partial charge in [0.2, 0.25) is 0 Å². The molecule has 1 aromatic carbocycles. The van der Waals surface area contributed by atoms with E-state index in [0.29, 0.717) is 15.6 Å². The Balaban J connectivity index is 1.99. The molecule has 0 aliphatic heterocycles. The second-order valence-corrected chi connectivity index (χ2v) is 11.3. The molecule has 0 aliphatic carbocycles. The molecule has 7 nitrogen and oxygen atoms in total. The van der Waals surface area contributed by atoms with Crippen molar-refractivity contribution in [2.75, 3.05) is 0 Å². The molecule has 0 fully saturated rings. The highest BCUT2D eigenvalue weighted by Crippen LogP contribution is 2.63. The molecule has 0 radical (unpaired) electrons. The summed E-state index contributed by atoms with van der Waals surface area (Å²) < 4.78 is 27.9. The Kier molecular flexibility index (Phi) is 5.12. The van der Waals surface area contributed by atoms with E-state index in [2.05, 4.69) is 36.0 Å². The molecule has 0 bridgehead atoms. The normalized spacial score (nSPS) is 13.8. The third-order valence-corrected chi connectivity index (χ3v) is 7.47. The van der Waals surface area contributed by atoms with Gasteiger partial charge in [0.25, 0.3) is 5.89 Å². The Morgan fingerprint density at radius 1 is 1.07 bits per heavy atom. The number of hydrogen-bond donors (Lipinski definition) is 2. The van der Waals surface area contributed by atoms with Crippen molar-refractivity contribution < 1.29 is 13.6 Å². The van der Waals surface area contributed by atoms with Gasteiger partial charge in [0.05, 0.1) is 10.6 Å². The Morgan fingerprint density at radius 3 is 2.21 bits per heavy atom. The highest BCUT2D eigenvalue weighted by Gasteiger charge is 2.42. The van der Waals surface area contributed by atoms with Crippen LogP contribution in [0.25, 0.3) is 11.6 Å². The zero-order chi connectivity index (χ0) is 20.9. The number of benzene rings is 1. The smallest absolute Gasteiger partial charge is 0.276 e. The fraction of sp³-hybridized carbons (Fsp3) is 0.421. The number of halogens is 1. The summed E-state index contributed by atoms with van der Waals surface area (Å²) in [5.41, 5.74) is 1.44. The van der Waals surface area contributed by atoms with E-state index in [9.17, 15) is 9.11 Å². The summed E-state index contributed by atoms with van der Waals surface area (Å²) in [5.74, 6) is 0.482. The van der Waals surface area contributed by atoms with Crippen molar-refractivity contribution in [3.63, 3.8) is 0 Å². The number of aryl methyl sites for hydroxylation is 1. The minimum Gasteiger partial charge on any atom is -0.332 e. The van der Waals surface area contributed by atoms with E-state index in [-0.39, 0.29) is 17.1 Å².